The van der Waals surface area contributed by atoms with Crippen molar-refractivity contribution in [3.63, 3.8) is 0 Å². The molecule has 2 aromatic rings. The molecule has 3 nitrogen and oxygen atoms in total. The second-order valence-corrected chi connectivity index (χ2v) is 5.85. The van der Waals surface area contributed by atoms with Crippen LogP contribution in [0.4, 0.5) is 0 Å². The predicted molar refractivity (Wildman–Crippen MR) is 87.8 cm³/mol. The average Bonchev–Trinajstić information content (AvgIpc) is 2.77. The third-order valence-corrected chi connectivity index (χ3v) is 4.19. The first-order chi connectivity index (χ1) is 9.12. The van der Waals surface area contributed by atoms with Gasteiger partial charge >= 0.3 is 0 Å². The molecular weight excluding hydrogens is 351 g/mol. The van der Waals surface area contributed by atoms with Gasteiger partial charge in [0, 0.05) is 32.8 Å². The van der Waals surface area contributed by atoms with Crippen molar-refractivity contribution in [1.82, 2.24) is 9.88 Å². The van der Waals surface area contributed by atoms with E-state index in [0.717, 1.165) is 33.0 Å². The zero-order valence-electron chi connectivity index (χ0n) is 11.5. The van der Waals surface area contributed by atoms with Crippen LogP contribution in [0.3, 0.4) is 0 Å². The minimum atomic E-state index is -0.103. The summed E-state index contributed by atoms with van der Waals surface area (Å²) < 4.78 is 3.30. The number of benzene rings is 1. The van der Waals surface area contributed by atoms with Gasteiger partial charge in [0.1, 0.15) is 0 Å². The summed E-state index contributed by atoms with van der Waals surface area (Å²) in [6, 6.07) is 6.17. The van der Waals surface area contributed by atoms with Crippen LogP contribution in [0.25, 0.3) is 10.9 Å². The van der Waals surface area contributed by atoms with Gasteiger partial charge in [-0.2, -0.15) is 0 Å². The molecule has 0 bridgehead atoms. The monoisotopic (exact) mass is 370 g/mol. The Labute approximate surface area is 127 Å². The Balaban J connectivity index is 2.59. The molecule has 102 valence electrons. The number of hydrogen-bond acceptors (Lipinski definition) is 2. The Kier molecular flexibility index (Phi) is 4.62. The molecule has 0 radical (unpaired) electrons. The SMILES string of the molecule is CCC(NC)C(=O)c1cn(CC)c2ccc(I)cc12. The predicted octanol–water partition coefficient (Wildman–Crippen LogP) is 3.45. The van der Waals surface area contributed by atoms with E-state index < -0.39 is 0 Å². The summed E-state index contributed by atoms with van der Waals surface area (Å²) in [6.07, 6.45) is 2.79. The fourth-order valence-electron chi connectivity index (χ4n) is 2.44. The van der Waals surface area contributed by atoms with Crippen LogP contribution in [0.2, 0.25) is 0 Å². The van der Waals surface area contributed by atoms with Crippen LogP contribution in [0.5, 0.6) is 0 Å². The summed E-state index contributed by atoms with van der Waals surface area (Å²) >= 11 is 2.29. The van der Waals surface area contributed by atoms with Crippen molar-refractivity contribution in [2.45, 2.75) is 32.9 Å². The Morgan fingerprint density at radius 1 is 1.42 bits per heavy atom. The summed E-state index contributed by atoms with van der Waals surface area (Å²) in [4.78, 5) is 12.6. The topological polar surface area (TPSA) is 34.0 Å². The van der Waals surface area contributed by atoms with Gasteiger partial charge in [-0.25, -0.2) is 0 Å². The number of ketones is 1. The van der Waals surface area contributed by atoms with Crippen molar-refractivity contribution < 1.29 is 4.79 Å². The lowest BCUT2D eigenvalue weighted by molar-refractivity contribution is 0.0946. The summed E-state index contributed by atoms with van der Waals surface area (Å²) in [6.45, 7) is 5.00. The van der Waals surface area contributed by atoms with E-state index in [9.17, 15) is 4.79 Å². The largest absolute Gasteiger partial charge is 0.347 e. The number of aryl methyl sites for hydroxylation is 1. The average molecular weight is 370 g/mol. The first kappa shape index (κ1) is 14.5. The summed E-state index contributed by atoms with van der Waals surface area (Å²) in [5, 5.41) is 4.16. The van der Waals surface area contributed by atoms with E-state index >= 15 is 0 Å². The molecule has 1 aromatic carbocycles. The first-order valence-corrected chi connectivity index (χ1v) is 7.70. The lowest BCUT2D eigenvalue weighted by Crippen LogP contribution is -2.33. The molecular formula is C15H19IN2O. The van der Waals surface area contributed by atoms with Crippen LogP contribution < -0.4 is 5.32 Å². The summed E-state index contributed by atoms with van der Waals surface area (Å²) in [7, 11) is 1.84. The van der Waals surface area contributed by atoms with E-state index in [1.165, 1.54) is 0 Å². The fraction of sp³-hybridized carbons (Fsp3) is 0.400. The second kappa shape index (κ2) is 6.05. The molecule has 4 heteroatoms. The van der Waals surface area contributed by atoms with Crippen LogP contribution in [0.1, 0.15) is 30.6 Å². The summed E-state index contributed by atoms with van der Waals surface area (Å²) in [5.41, 5.74) is 1.97. The number of carbonyl (C=O) groups excluding carboxylic acids is 1. The fourth-order valence-corrected chi connectivity index (χ4v) is 2.93. The highest BCUT2D eigenvalue weighted by Gasteiger charge is 2.21. The molecule has 0 fully saturated rings. The van der Waals surface area contributed by atoms with Crippen molar-refractivity contribution in [2.24, 2.45) is 0 Å². The van der Waals surface area contributed by atoms with E-state index in [0.29, 0.717) is 0 Å². The van der Waals surface area contributed by atoms with E-state index in [4.69, 9.17) is 0 Å². The minimum absolute atomic E-state index is 0.103. The smallest absolute Gasteiger partial charge is 0.181 e. The number of nitrogens with one attached hydrogen (secondary N) is 1. The summed E-state index contributed by atoms with van der Waals surface area (Å²) in [5.74, 6) is 0.184. The van der Waals surface area contributed by atoms with Crippen LogP contribution in [0.15, 0.2) is 24.4 Å². The first-order valence-electron chi connectivity index (χ1n) is 6.62. The Hall–Kier alpha value is -0.880. The molecule has 0 aliphatic heterocycles. The molecule has 19 heavy (non-hydrogen) atoms. The van der Waals surface area contributed by atoms with Crippen molar-refractivity contribution in [1.29, 1.82) is 0 Å². The van der Waals surface area contributed by atoms with Gasteiger partial charge in [0.15, 0.2) is 5.78 Å². The van der Waals surface area contributed by atoms with E-state index in [2.05, 4.69) is 57.6 Å². The number of Topliss-reactive ketones (excluding diaryl/α,β-unsaturated/α-hetero) is 1. The highest BCUT2D eigenvalue weighted by molar-refractivity contribution is 14.1. The standard InChI is InChI=1S/C15H19IN2O/c1-4-13(17-3)15(19)12-9-18(5-2)14-7-6-10(16)8-11(12)14/h6-9,13,17H,4-5H2,1-3H3. The molecule has 2 rings (SSSR count). The number of hydrogen-bond donors (Lipinski definition) is 1. The second-order valence-electron chi connectivity index (χ2n) is 4.60. The molecule has 1 aromatic heterocycles. The Morgan fingerprint density at radius 3 is 2.74 bits per heavy atom. The normalized spacial score (nSPS) is 12.8. The lowest BCUT2D eigenvalue weighted by atomic mass is 10.0. The number of aromatic nitrogens is 1. The zero-order valence-corrected chi connectivity index (χ0v) is 13.7. The number of likely N-dealkylation sites (N-methyl/N-ethyl adjacent to an activating group) is 1. The third-order valence-electron chi connectivity index (χ3n) is 3.52. The van der Waals surface area contributed by atoms with Gasteiger partial charge in [0.05, 0.1) is 6.04 Å². The maximum absolute atomic E-state index is 12.6. The van der Waals surface area contributed by atoms with Crippen molar-refractivity contribution in [2.75, 3.05) is 7.05 Å². The molecule has 0 saturated heterocycles. The maximum atomic E-state index is 12.6. The maximum Gasteiger partial charge on any atom is 0.181 e. The van der Waals surface area contributed by atoms with E-state index in [1.807, 2.05) is 20.2 Å². The highest BCUT2D eigenvalue weighted by Crippen LogP contribution is 2.25. The molecule has 0 amide bonds. The quantitative estimate of drug-likeness (QED) is 0.646. The molecule has 1 atom stereocenters. The van der Waals surface area contributed by atoms with Gasteiger partial charge < -0.3 is 9.88 Å². The van der Waals surface area contributed by atoms with Crippen molar-refractivity contribution >= 4 is 39.3 Å². The highest BCUT2D eigenvalue weighted by atomic mass is 127. The number of rotatable bonds is 5. The number of fused-ring (bicyclic) bond motifs is 1. The van der Waals surface area contributed by atoms with Gasteiger partial charge in [0.25, 0.3) is 0 Å². The van der Waals surface area contributed by atoms with E-state index in [1.54, 1.807) is 0 Å². The van der Waals surface area contributed by atoms with E-state index in [-0.39, 0.29) is 11.8 Å². The molecule has 1 N–H and O–H groups in total. The van der Waals surface area contributed by atoms with Gasteiger partial charge in [-0.15, -0.1) is 0 Å². The molecule has 0 saturated carbocycles. The number of nitrogens with zero attached hydrogens (tertiary/aromatic N) is 1. The molecule has 0 spiro atoms. The third kappa shape index (κ3) is 2.69. The Morgan fingerprint density at radius 2 is 2.16 bits per heavy atom. The molecule has 0 aliphatic rings. The lowest BCUT2D eigenvalue weighted by Gasteiger charge is -2.11. The van der Waals surface area contributed by atoms with Gasteiger partial charge in [-0.3, -0.25) is 4.79 Å². The Bertz CT molecular complexity index is 599. The minimum Gasteiger partial charge on any atom is -0.347 e. The molecule has 1 heterocycles. The van der Waals surface area contributed by atoms with Crippen LogP contribution in [0, 0.1) is 3.57 Å². The van der Waals surface area contributed by atoms with Gasteiger partial charge in [-0.1, -0.05) is 6.92 Å². The number of halogens is 1. The van der Waals surface area contributed by atoms with Crippen LogP contribution in [-0.2, 0) is 6.54 Å². The van der Waals surface area contributed by atoms with Crippen LogP contribution >= 0.6 is 22.6 Å². The zero-order chi connectivity index (χ0) is 14.0. The van der Waals surface area contributed by atoms with Crippen molar-refractivity contribution in [3.05, 3.63) is 33.5 Å². The molecule has 0 aliphatic carbocycles. The number of carbonyl (C=O) groups is 1. The van der Waals surface area contributed by atoms with Gasteiger partial charge in [0.2, 0.25) is 0 Å². The van der Waals surface area contributed by atoms with Gasteiger partial charge in [-0.05, 0) is 61.2 Å². The van der Waals surface area contributed by atoms with Crippen molar-refractivity contribution in [3.8, 4) is 0 Å². The van der Waals surface area contributed by atoms with Crippen LogP contribution in [-0.4, -0.2) is 23.4 Å². The molecule has 1 unspecified atom stereocenters.